The highest BCUT2D eigenvalue weighted by Crippen LogP contribution is 2.49. The van der Waals surface area contributed by atoms with Crippen LogP contribution in [0, 0.1) is 13.8 Å². The summed E-state index contributed by atoms with van der Waals surface area (Å²) in [5, 5.41) is 3.07. The number of rotatable bonds is 4. The van der Waals surface area contributed by atoms with E-state index in [1.54, 1.807) is 6.07 Å². The Hall–Kier alpha value is -1.88. The molecule has 5 nitrogen and oxygen atoms in total. The van der Waals surface area contributed by atoms with Gasteiger partial charge in [-0.1, -0.05) is 6.07 Å². The molecule has 1 amide bonds. The van der Waals surface area contributed by atoms with Crippen LogP contribution in [-0.4, -0.2) is 49.1 Å². The Morgan fingerprint density at radius 1 is 1.17 bits per heavy atom. The molecule has 1 saturated carbocycles. The zero-order valence-electron chi connectivity index (χ0n) is 15.1. The summed E-state index contributed by atoms with van der Waals surface area (Å²) in [5.74, 6) is -0.368. The van der Waals surface area contributed by atoms with Crippen LogP contribution in [0.5, 0.6) is 0 Å². The van der Waals surface area contributed by atoms with E-state index in [9.17, 15) is 9.59 Å². The predicted octanol–water partition coefficient (Wildman–Crippen LogP) is 2.80. The molecule has 1 aromatic rings. The minimum atomic E-state index is -0.413. The number of ether oxygens (including phenoxy) is 1. The Labute approximate surface area is 143 Å². The molecular weight excluding hydrogens is 304 g/mol. The van der Waals surface area contributed by atoms with Gasteiger partial charge in [-0.05, 0) is 31.0 Å². The van der Waals surface area contributed by atoms with E-state index < -0.39 is 5.97 Å². The summed E-state index contributed by atoms with van der Waals surface area (Å²) in [5.41, 5.74) is 2.58. The first-order chi connectivity index (χ1) is 11.3. The monoisotopic (exact) mass is 331 g/mol. The van der Waals surface area contributed by atoms with Crippen LogP contribution in [-0.2, 0) is 9.53 Å². The van der Waals surface area contributed by atoms with Crippen molar-refractivity contribution >= 4 is 17.6 Å². The van der Waals surface area contributed by atoms with Gasteiger partial charge in [0, 0.05) is 25.7 Å². The zero-order chi connectivity index (χ0) is 17.5. The number of quaternary nitrogens is 1. The third-order valence-electron chi connectivity index (χ3n) is 5.86. The van der Waals surface area contributed by atoms with E-state index in [1.165, 1.54) is 20.0 Å². The van der Waals surface area contributed by atoms with Crippen molar-refractivity contribution in [2.24, 2.45) is 0 Å². The van der Waals surface area contributed by atoms with Crippen molar-refractivity contribution in [1.82, 2.24) is 0 Å². The molecular formula is C19H27N2O3+. The van der Waals surface area contributed by atoms with Crippen molar-refractivity contribution < 1.29 is 18.8 Å². The van der Waals surface area contributed by atoms with E-state index in [1.807, 2.05) is 19.9 Å². The number of likely N-dealkylation sites (N-methyl/N-ethyl adjacent to an activating group) is 1. The number of methoxy groups -OCH3 is 1. The molecule has 1 aliphatic carbocycles. The van der Waals surface area contributed by atoms with Gasteiger partial charge in [-0.25, -0.2) is 4.79 Å². The summed E-state index contributed by atoms with van der Waals surface area (Å²) in [7, 11) is 3.56. The molecule has 3 rings (SSSR count). The maximum atomic E-state index is 13.1. The Morgan fingerprint density at radius 3 is 2.33 bits per heavy atom. The number of aryl methyl sites for hydroxylation is 2. The second-order valence-corrected chi connectivity index (χ2v) is 7.53. The number of esters is 1. The standard InChI is InChI=1S/C19H26N2O3/c1-13-11-14(2)16(15(12-13)17(22)24-4)20-18(23)19(7-8-19)21(3)9-5-6-10-21/h11-12H,5-10H2,1-4H3/p+1. The molecule has 1 saturated heterocycles. The van der Waals surface area contributed by atoms with Crippen molar-refractivity contribution in [2.75, 3.05) is 32.6 Å². The van der Waals surface area contributed by atoms with Gasteiger partial charge in [0.1, 0.15) is 0 Å². The van der Waals surface area contributed by atoms with Crippen LogP contribution < -0.4 is 5.32 Å². The average Bonchev–Trinajstić information content (AvgIpc) is 3.26. The Balaban J connectivity index is 1.91. The summed E-state index contributed by atoms with van der Waals surface area (Å²) in [6.07, 6.45) is 4.21. The van der Waals surface area contributed by atoms with Gasteiger partial charge in [-0.3, -0.25) is 4.79 Å². The van der Waals surface area contributed by atoms with E-state index in [0.717, 1.165) is 41.5 Å². The van der Waals surface area contributed by atoms with Gasteiger partial charge in [0.25, 0.3) is 5.91 Å². The molecule has 2 fully saturated rings. The molecule has 0 unspecified atom stereocenters. The Bertz CT molecular complexity index is 686. The van der Waals surface area contributed by atoms with Crippen molar-refractivity contribution in [3.05, 3.63) is 28.8 Å². The highest BCUT2D eigenvalue weighted by Gasteiger charge is 2.64. The zero-order valence-corrected chi connectivity index (χ0v) is 15.1. The minimum absolute atomic E-state index is 0.0454. The second kappa shape index (κ2) is 5.88. The van der Waals surface area contributed by atoms with E-state index in [0.29, 0.717) is 11.3 Å². The molecule has 1 aliphatic heterocycles. The molecule has 1 heterocycles. The number of likely N-dealkylation sites (tertiary alicyclic amines) is 1. The topological polar surface area (TPSA) is 55.4 Å². The van der Waals surface area contributed by atoms with Crippen molar-refractivity contribution in [1.29, 1.82) is 0 Å². The summed E-state index contributed by atoms with van der Waals surface area (Å²) in [4.78, 5) is 25.2. The van der Waals surface area contributed by atoms with Crippen LogP contribution >= 0.6 is 0 Å². The molecule has 24 heavy (non-hydrogen) atoms. The summed E-state index contributed by atoms with van der Waals surface area (Å²) in [6, 6.07) is 3.76. The van der Waals surface area contributed by atoms with Gasteiger partial charge in [0.05, 0.1) is 38.5 Å². The van der Waals surface area contributed by atoms with Gasteiger partial charge in [0.15, 0.2) is 5.54 Å². The fraction of sp³-hybridized carbons (Fsp3) is 0.579. The van der Waals surface area contributed by atoms with Gasteiger partial charge >= 0.3 is 5.97 Å². The number of benzene rings is 1. The lowest BCUT2D eigenvalue weighted by atomic mass is 10.0. The maximum absolute atomic E-state index is 13.1. The van der Waals surface area contributed by atoms with E-state index in [4.69, 9.17) is 4.74 Å². The number of carbonyl (C=O) groups is 2. The Morgan fingerprint density at radius 2 is 1.79 bits per heavy atom. The van der Waals surface area contributed by atoms with Crippen molar-refractivity contribution in [3.63, 3.8) is 0 Å². The highest BCUT2D eigenvalue weighted by atomic mass is 16.5. The number of nitrogens with zero attached hydrogens (tertiary/aromatic N) is 1. The summed E-state index contributed by atoms with van der Waals surface area (Å²) < 4.78 is 5.73. The van der Waals surface area contributed by atoms with Gasteiger partial charge in [-0.2, -0.15) is 0 Å². The number of carbonyl (C=O) groups excluding carboxylic acids is 2. The molecule has 130 valence electrons. The summed E-state index contributed by atoms with van der Waals surface area (Å²) >= 11 is 0. The van der Waals surface area contributed by atoms with Gasteiger partial charge in [0.2, 0.25) is 0 Å². The van der Waals surface area contributed by atoms with Crippen LogP contribution in [0.4, 0.5) is 5.69 Å². The molecule has 1 aromatic carbocycles. The van der Waals surface area contributed by atoms with Gasteiger partial charge in [-0.15, -0.1) is 0 Å². The molecule has 0 radical (unpaired) electrons. The number of amides is 1. The number of anilines is 1. The van der Waals surface area contributed by atoms with Crippen LogP contribution in [0.3, 0.4) is 0 Å². The maximum Gasteiger partial charge on any atom is 0.339 e. The lowest BCUT2D eigenvalue weighted by Gasteiger charge is -2.37. The average molecular weight is 331 g/mol. The van der Waals surface area contributed by atoms with Crippen LogP contribution in [0.1, 0.15) is 47.2 Å². The lowest BCUT2D eigenvalue weighted by molar-refractivity contribution is -0.923. The number of nitrogens with one attached hydrogen (secondary N) is 1. The molecule has 0 atom stereocenters. The number of hydrogen-bond acceptors (Lipinski definition) is 3. The van der Waals surface area contributed by atoms with E-state index >= 15 is 0 Å². The lowest BCUT2D eigenvalue weighted by Crippen LogP contribution is -2.57. The fourth-order valence-electron chi connectivity index (χ4n) is 4.23. The van der Waals surface area contributed by atoms with Gasteiger partial charge < -0.3 is 14.5 Å². The van der Waals surface area contributed by atoms with E-state index in [2.05, 4.69) is 12.4 Å². The van der Waals surface area contributed by atoms with Crippen molar-refractivity contribution in [2.45, 2.75) is 45.1 Å². The number of hydrogen-bond donors (Lipinski definition) is 1. The normalized spacial score (nSPS) is 20.5. The van der Waals surface area contributed by atoms with Crippen molar-refractivity contribution in [3.8, 4) is 0 Å². The van der Waals surface area contributed by atoms with Crippen LogP contribution in [0.2, 0.25) is 0 Å². The predicted molar refractivity (Wildman–Crippen MR) is 93.0 cm³/mol. The fourth-order valence-corrected chi connectivity index (χ4v) is 4.23. The third kappa shape index (κ3) is 2.61. The molecule has 1 N–H and O–H groups in total. The van der Waals surface area contributed by atoms with Crippen LogP contribution in [0.25, 0.3) is 0 Å². The minimum Gasteiger partial charge on any atom is -0.465 e. The molecule has 0 spiro atoms. The smallest absolute Gasteiger partial charge is 0.339 e. The highest BCUT2D eigenvalue weighted by molar-refractivity contribution is 6.05. The first-order valence-electron chi connectivity index (χ1n) is 8.69. The largest absolute Gasteiger partial charge is 0.465 e. The second-order valence-electron chi connectivity index (χ2n) is 7.53. The first kappa shape index (κ1) is 17.0. The first-order valence-corrected chi connectivity index (χ1v) is 8.69. The quantitative estimate of drug-likeness (QED) is 0.682. The molecule has 5 heteroatoms. The molecule has 0 bridgehead atoms. The SMILES string of the molecule is COC(=O)c1cc(C)cc(C)c1NC(=O)C1([N+]2(C)CCCC2)CC1. The molecule has 2 aliphatic rings. The third-order valence-corrected chi connectivity index (χ3v) is 5.86. The van der Waals surface area contributed by atoms with Crippen LogP contribution in [0.15, 0.2) is 12.1 Å². The molecule has 0 aromatic heterocycles. The Kier molecular flexibility index (Phi) is 4.16. The summed E-state index contributed by atoms with van der Waals surface area (Å²) in [6.45, 7) is 5.97. The van der Waals surface area contributed by atoms with E-state index in [-0.39, 0.29) is 11.4 Å².